The predicted octanol–water partition coefficient (Wildman–Crippen LogP) is 1.08. The Bertz CT molecular complexity index is 433. The molecular formula is C8H7N3O. The zero-order valence-electron chi connectivity index (χ0n) is 6.53. The highest BCUT2D eigenvalue weighted by Gasteiger charge is 2.01. The molecule has 2 rings (SSSR count). The van der Waals surface area contributed by atoms with Gasteiger partial charge in [0.1, 0.15) is 11.2 Å². The number of nitrogens with zero attached hydrogens (tertiary/aromatic N) is 2. The number of carbonyl (C=O) groups is 1. The summed E-state index contributed by atoms with van der Waals surface area (Å²) in [5.74, 6) is 0. The fraction of sp³-hybridized carbons (Fsp3) is 0.125. The van der Waals surface area contributed by atoms with E-state index in [9.17, 15) is 4.79 Å². The quantitative estimate of drug-likeness (QED) is 0.636. The molecule has 0 unspecified atom stereocenters. The van der Waals surface area contributed by atoms with Crippen molar-refractivity contribution < 1.29 is 4.79 Å². The van der Waals surface area contributed by atoms with Crippen molar-refractivity contribution in [2.45, 2.75) is 6.92 Å². The number of aromatic amines is 1. The van der Waals surface area contributed by atoms with Crippen molar-refractivity contribution in [3.8, 4) is 0 Å². The van der Waals surface area contributed by atoms with Crippen LogP contribution in [-0.2, 0) is 0 Å². The lowest BCUT2D eigenvalue weighted by molar-refractivity contribution is 0.111. The number of aldehydes is 1. The van der Waals surface area contributed by atoms with Gasteiger partial charge in [-0.1, -0.05) is 0 Å². The van der Waals surface area contributed by atoms with Crippen molar-refractivity contribution >= 4 is 17.2 Å². The fourth-order valence-electron chi connectivity index (χ4n) is 1.12. The highest BCUT2D eigenvalue weighted by Crippen LogP contribution is 2.13. The second kappa shape index (κ2) is 2.41. The number of H-pyrrole nitrogens is 1. The van der Waals surface area contributed by atoms with Gasteiger partial charge in [-0.3, -0.25) is 14.9 Å². The molecule has 0 aromatic carbocycles. The summed E-state index contributed by atoms with van der Waals surface area (Å²) < 4.78 is 0. The van der Waals surface area contributed by atoms with E-state index in [1.807, 2.05) is 6.92 Å². The SMILES string of the molecule is Cc1[nH]nc2cnc(C=O)cc12. The van der Waals surface area contributed by atoms with Crippen molar-refractivity contribution in [3.05, 3.63) is 23.7 Å². The molecule has 0 aliphatic carbocycles. The molecular weight excluding hydrogens is 154 g/mol. The lowest BCUT2D eigenvalue weighted by Crippen LogP contribution is -1.84. The molecule has 0 fully saturated rings. The van der Waals surface area contributed by atoms with E-state index < -0.39 is 0 Å². The highest BCUT2D eigenvalue weighted by molar-refractivity contribution is 5.85. The minimum Gasteiger partial charge on any atom is -0.296 e. The van der Waals surface area contributed by atoms with E-state index >= 15 is 0 Å². The van der Waals surface area contributed by atoms with E-state index in [1.54, 1.807) is 12.3 Å². The monoisotopic (exact) mass is 161 g/mol. The van der Waals surface area contributed by atoms with Gasteiger partial charge in [-0.05, 0) is 13.0 Å². The summed E-state index contributed by atoms with van der Waals surface area (Å²) in [7, 11) is 0. The van der Waals surface area contributed by atoms with Crippen molar-refractivity contribution in [1.82, 2.24) is 15.2 Å². The second-order valence-electron chi connectivity index (χ2n) is 2.59. The van der Waals surface area contributed by atoms with Crippen LogP contribution < -0.4 is 0 Å². The average Bonchev–Trinajstić information content (AvgIpc) is 2.47. The van der Waals surface area contributed by atoms with Crippen molar-refractivity contribution in [1.29, 1.82) is 0 Å². The predicted molar refractivity (Wildman–Crippen MR) is 44.0 cm³/mol. The van der Waals surface area contributed by atoms with Gasteiger partial charge in [0.15, 0.2) is 6.29 Å². The number of rotatable bonds is 1. The smallest absolute Gasteiger partial charge is 0.168 e. The Morgan fingerprint density at radius 1 is 1.58 bits per heavy atom. The number of aryl methyl sites for hydroxylation is 1. The molecule has 2 aromatic rings. The number of pyridine rings is 1. The molecule has 2 heterocycles. The Morgan fingerprint density at radius 2 is 2.42 bits per heavy atom. The van der Waals surface area contributed by atoms with Gasteiger partial charge in [0.2, 0.25) is 0 Å². The van der Waals surface area contributed by atoms with Crippen LogP contribution in [0.2, 0.25) is 0 Å². The summed E-state index contributed by atoms with van der Waals surface area (Å²) in [6, 6.07) is 1.72. The summed E-state index contributed by atoms with van der Waals surface area (Å²) in [6.07, 6.45) is 2.31. The lowest BCUT2D eigenvalue weighted by atomic mass is 10.2. The maximum absolute atomic E-state index is 10.4. The minimum atomic E-state index is 0.437. The molecule has 60 valence electrons. The Hall–Kier alpha value is -1.71. The van der Waals surface area contributed by atoms with Crippen LogP contribution in [0.25, 0.3) is 10.9 Å². The van der Waals surface area contributed by atoms with Crippen LogP contribution in [0.5, 0.6) is 0 Å². The van der Waals surface area contributed by atoms with Crippen LogP contribution in [0.1, 0.15) is 16.2 Å². The van der Waals surface area contributed by atoms with Crippen LogP contribution >= 0.6 is 0 Å². The van der Waals surface area contributed by atoms with Crippen molar-refractivity contribution in [2.75, 3.05) is 0 Å². The first-order valence-corrected chi connectivity index (χ1v) is 3.57. The fourth-order valence-corrected chi connectivity index (χ4v) is 1.12. The number of nitrogens with one attached hydrogen (secondary N) is 1. The normalized spacial score (nSPS) is 10.4. The standard InChI is InChI=1S/C8H7N3O/c1-5-7-2-6(4-12)9-3-8(7)11-10-5/h2-4H,1H3,(H,10,11). The Kier molecular flexibility index (Phi) is 1.40. The highest BCUT2D eigenvalue weighted by atomic mass is 16.1. The van der Waals surface area contributed by atoms with E-state index in [1.165, 1.54) is 0 Å². The van der Waals surface area contributed by atoms with Gasteiger partial charge in [0.25, 0.3) is 0 Å². The van der Waals surface area contributed by atoms with E-state index in [-0.39, 0.29) is 0 Å². The molecule has 4 heteroatoms. The lowest BCUT2D eigenvalue weighted by Gasteiger charge is -1.89. The summed E-state index contributed by atoms with van der Waals surface area (Å²) in [5.41, 5.74) is 2.18. The van der Waals surface area contributed by atoms with Gasteiger partial charge in [0.05, 0.1) is 6.20 Å². The number of hydrogen-bond acceptors (Lipinski definition) is 3. The number of hydrogen-bond donors (Lipinski definition) is 1. The molecule has 0 saturated carbocycles. The van der Waals surface area contributed by atoms with Crippen LogP contribution in [0.15, 0.2) is 12.3 Å². The second-order valence-corrected chi connectivity index (χ2v) is 2.59. The summed E-state index contributed by atoms with van der Waals surface area (Å²) in [5, 5.41) is 7.76. The van der Waals surface area contributed by atoms with E-state index in [0.717, 1.165) is 22.9 Å². The van der Waals surface area contributed by atoms with Gasteiger partial charge in [-0.2, -0.15) is 5.10 Å². The van der Waals surface area contributed by atoms with E-state index in [4.69, 9.17) is 0 Å². The number of carbonyl (C=O) groups excluding carboxylic acids is 1. The van der Waals surface area contributed by atoms with Gasteiger partial charge in [-0.25, -0.2) is 0 Å². The third kappa shape index (κ3) is 0.887. The first kappa shape index (κ1) is 6.97. The Labute approximate surface area is 68.6 Å². The molecule has 0 amide bonds. The molecule has 0 radical (unpaired) electrons. The number of fused-ring (bicyclic) bond motifs is 1. The largest absolute Gasteiger partial charge is 0.296 e. The molecule has 0 aliphatic rings. The maximum atomic E-state index is 10.4. The van der Waals surface area contributed by atoms with Crippen LogP contribution in [0, 0.1) is 6.92 Å². The molecule has 0 saturated heterocycles. The zero-order chi connectivity index (χ0) is 8.55. The maximum Gasteiger partial charge on any atom is 0.168 e. The van der Waals surface area contributed by atoms with Gasteiger partial charge >= 0.3 is 0 Å². The van der Waals surface area contributed by atoms with Crippen LogP contribution in [0.4, 0.5) is 0 Å². The van der Waals surface area contributed by atoms with E-state index in [2.05, 4.69) is 15.2 Å². The Balaban J connectivity index is 2.79. The summed E-state index contributed by atoms with van der Waals surface area (Å²) >= 11 is 0. The molecule has 0 atom stereocenters. The third-order valence-corrected chi connectivity index (χ3v) is 1.77. The summed E-state index contributed by atoms with van der Waals surface area (Å²) in [6.45, 7) is 1.91. The topological polar surface area (TPSA) is 58.6 Å². The van der Waals surface area contributed by atoms with Gasteiger partial charge in [-0.15, -0.1) is 0 Å². The van der Waals surface area contributed by atoms with Crippen LogP contribution in [0.3, 0.4) is 0 Å². The van der Waals surface area contributed by atoms with Crippen molar-refractivity contribution in [2.24, 2.45) is 0 Å². The molecule has 1 N–H and O–H groups in total. The molecule has 4 nitrogen and oxygen atoms in total. The van der Waals surface area contributed by atoms with Gasteiger partial charge in [0, 0.05) is 11.1 Å². The van der Waals surface area contributed by atoms with Crippen molar-refractivity contribution in [3.63, 3.8) is 0 Å². The van der Waals surface area contributed by atoms with Crippen LogP contribution in [-0.4, -0.2) is 21.5 Å². The zero-order valence-corrected chi connectivity index (χ0v) is 6.53. The number of aromatic nitrogens is 3. The first-order valence-electron chi connectivity index (χ1n) is 3.57. The molecule has 12 heavy (non-hydrogen) atoms. The molecule has 2 aromatic heterocycles. The Morgan fingerprint density at radius 3 is 3.17 bits per heavy atom. The van der Waals surface area contributed by atoms with E-state index in [0.29, 0.717) is 5.69 Å². The molecule has 0 spiro atoms. The van der Waals surface area contributed by atoms with Gasteiger partial charge < -0.3 is 0 Å². The molecule has 0 aliphatic heterocycles. The molecule has 0 bridgehead atoms. The minimum absolute atomic E-state index is 0.437. The first-order chi connectivity index (χ1) is 5.81. The third-order valence-electron chi connectivity index (χ3n) is 1.77. The average molecular weight is 161 g/mol. The summed E-state index contributed by atoms with van der Waals surface area (Å²) in [4.78, 5) is 14.3.